The fourth-order valence-electron chi connectivity index (χ4n) is 5.74. The van der Waals surface area contributed by atoms with Crippen molar-refractivity contribution in [2.45, 2.75) is 26.3 Å². The van der Waals surface area contributed by atoms with Gasteiger partial charge in [-0.3, -0.25) is 19.5 Å². The van der Waals surface area contributed by atoms with Crippen molar-refractivity contribution in [1.29, 1.82) is 0 Å². The van der Waals surface area contributed by atoms with Gasteiger partial charge in [0.2, 0.25) is 5.88 Å². The summed E-state index contributed by atoms with van der Waals surface area (Å²) in [6.07, 6.45) is 6.20. The maximum Gasteiger partial charge on any atom is 0.306 e. The summed E-state index contributed by atoms with van der Waals surface area (Å²) in [7, 11) is 3.17. The van der Waals surface area contributed by atoms with Crippen LogP contribution in [0, 0.1) is 12.8 Å². The number of pyridine rings is 1. The molecular weight excluding hydrogens is 594 g/mol. The number of carbonyl (C=O) groups is 1. The van der Waals surface area contributed by atoms with Crippen molar-refractivity contribution in [3.05, 3.63) is 87.7 Å². The van der Waals surface area contributed by atoms with E-state index >= 15 is 0 Å². The Kier molecular flexibility index (Phi) is 8.46. The summed E-state index contributed by atoms with van der Waals surface area (Å²) >= 11 is 7.06. The summed E-state index contributed by atoms with van der Waals surface area (Å²) in [6, 6.07) is 13.4. The predicted octanol–water partition coefficient (Wildman–Crippen LogP) is 5.46. The Hall–Kier alpha value is -4.87. The molecule has 6 rings (SSSR count). The molecule has 2 aromatic carbocycles. The van der Waals surface area contributed by atoms with Crippen LogP contribution in [0.3, 0.4) is 0 Å². The quantitative estimate of drug-likeness (QED) is 0.229. The molecule has 0 bridgehead atoms. The van der Waals surface area contributed by atoms with Gasteiger partial charge in [-0.05, 0) is 56.1 Å². The van der Waals surface area contributed by atoms with E-state index in [0.29, 0.717) is 76.9 Å². The lowest BCUT2D eigenvalue weighted by atomic mass is 9.96. The number of likely N-dealkylation sites (tertiary alicyclic amines) is 1. The maximum atomic E-state index is 12.9. The normalized spacial score (nSPS) is 14.0. The molecule has 0 amide bonds. The molecule has 12 heteroatoms. The molecule has 0 aliphatic carbocycles. The molecule has 0 unspecified atom stereocenters. The zero-order valence-electron chi connectivity index (χ0n) is 25.1. The van der Waals surface area contributed by atoms with Crippen molar-refractivity contribution in [1.82, 2.24) is 29.6 Å². The molecule has 4 heterocycles. The lowest BCUT2D eigenvalue weighted by Crippen LogP contribution is -2.36. The number of rotatable bonds is 8. The summed E-state index contributed by atoms with van der Waals surface area (Å²) in [4.78, 5) is 40.3. The van der Waals surface area contributed by atoms with Crippen LogP contribution in [-0.4, -0.2) is 60.9 Å². The molecule has 230 valence electrons. The third-order valence-corrected chi connectivity index (χ3v) is 8.74. The Morgan fingerprint density at radius 1 is 1.07 bits per heavy atom. The van der Waals surface area contributed by atoms with Crippen LogP contribution in [0.15, 0.2) is 65.8 Å². The van der Waals surface area contributed by atoms with Gasteiger partial charge in [0.15, 0.2) is 0 Å². The number of carboxylic acids is 1. The summed E-state index contributed by atoms with van der Waals surface area (Å²) in [5, 5.41) is 18.4. The number of benzene rings is 2. The second-order valence-electron chi connectivity index (χ2n) is 11.1. The van der Waals surface area contributed by atoms with Crippen molar-refractivity contribution >= 4 is 39.8 Å². The lowest BCUT2D eigenvalue weighted by Gasteiger charge is -2.29. The molecule has 1 aliphatic heterocycles. The highest BCUT2D eigenvalue weighted by molar-refractivity contribution is 6.36. The number of nitrogens with zero attached hydrogens (tertiary/aromatic N) is 6. The van der Waals surface area contributed by atoms with Crippen molar-refractivity contribution in [2.75, 3.05) is 25.5 Å². The third kappa shape index (κ3) is 5.96. The summed E-state index contributed by atoms with van der Waals surface area (Å²) in [6.45, 7) is 3.86. The van der Waals surface area contributed by atoms with Gasteiger partial charge in [0.1, 0.15) is 11.5 Å². The summed E-state index contributed by atoms with van der Waals surface area (Å²) < 4.78 is 6.91. The van der Waals surface area contributed by atoms with E-state index in [2.05, 4.69) is 25.3 Å². The van der Waals surface area contributed by atoms with Crippen LogP contribution < -0.4 is 15.6 Å². The van der Waals surface area contributed by atoms with Gasteiger partial charge >= 0.3 is 5.97 Å². The van der Waals surface area contributed by atoms with Crippen LogP contribution in [0.2, 0.25) is 5.02 Å². The van der Waals surface area contributed by atoms with Crippen LogP contribution in [0.5, 0.6) is 5.88 Å². The predicted molar refractivity (Wildman–Crippen MR) is 173 cm³/mol. The first kappa shape index (κ1) is 30.2. The van der Waals surface area contributed by atoms with E-state index in [9.17, 15) is 14.7 Å². The monoisotopic (exact) mass is 625 g/mol. The number of aliphatic carboxylic acids is 1. The molecule has 1 aliphatic rings. The van der Waals surface area contributed by atoms with E-state index in [0.717, 1.165) is 22.4 Å². The number of methoxy groups -OCH3 is 1. The molecule has 3 aromatic heterocycles. The van der Waals surface area contributed by atoms with Crippen LogP contribution in [0.1, 0.15) is 24.1 Å². The van der Waals surface area contributed by atoms with Crippen molar-refractivity contribution in [3.8, 4) is 28.3 Å². The van der Waals surface area contributed by atoms with Crippen molar-refractivity contribution in [2.24, 2.45) is 13.0 Å². The zero-order valence-corrected chi connectivity index (χ0v) is 25.9. The molecule has 1 fully saturated rings. The van der Waals surface area contributed by atoms with E-state index in [1.54, 1.807) is 38.8 Å². The minimum absolute atomic E-state index is 0.238. The number of aryl methyl sites for hydroxylation is 1. The largest absolute Gasteiger partial charge is 0.481 e. The number of nitrogens with one attached hydrogen (secondary N) is 1. The van der Waals surface area contributed by atoms with Crippen LogP contribution in [-0.2, 0) is 18.4 Å². The number of carboxylic acid groups (broad SMARTS) is 1. The molecule has 11 nitrogen and oxygen atoms in total. The van der Waals surface area contributed by atoms with Gasteiger partial charge in [0.25, 0.3) is 5.56 Å². The maximum absolute atomic E-state index is 12.9. The lowest BCUT2D eigenvalue weighted by molar-refractivity contribution is -0.143. The average Bonchev–Trinajstić information content (AvgIpc) is 3.04. The SMILES string of the molecule is COc1nc(-c2cccc(-c3cccc(Nc4nccc5cnn(C)c(=O)c45)c3C)c2Cl)cnc1CN1CCC(C(=O)O)CC1. The van der Waals surface area contributed by atoms with Gasteiger partial charge in [0.05, 0.1) is 41.5 Å². The molecule has 0 atom stereocenters. The fraction of sp³-hybridized carbons (Fsp3) is 0.273. The van der Waals surface area contributed by atoms with Crippen LogP contribution >= 0.6 is 11.6 Å². The van der Waals surface area contributed by atoms with Crippen molar-refractivity contribution < 1.29 is 14.6 Å². The standard InChI is InChI=1S/C33H32ClN7O4/c1-19-22(6-5-9-25(19)38-30-28-21(10-13-35-30)16-37-40(2)32(28)42)23-7-4-8-24(29(23)34)26-17-36-27(31(39-26)45-3)18-41-14-11-20(12-15-41)33(43)44/h4-10,13,16-17,20H,11-12,14-15,18H2,1-3H3,(H,35,38)(H,43,44). The second-order valence-corrected chi connectivity index (χ2v) is 11.4. The molecule has 0 saturated carbocycles. The highest BCUT2D eigenvalue weighted by atomic mass is 35.5. The number of fused-ring (bicyclic) bond motifs is 1. The van der Waals surface area contributed by atoms with Gasteiger partial charge in [-0.25, -0.2) is 14.6 Å². The minimum atomic E-state index is -0.736. The Bertz CT molecular complexity index is 1970. The van der Waals surface area contributed by atoms with Gasteiger partial charge < -0.3 is 15.2 Å². The van der Waals surface area contributed by atoms with Gasteiger partial charge in [0, 0.05) is 42.0 Å². The number of aromatic nitrogens is 5. The first-order chi connectivity index (χ1) is 21.7. The Labute approximate surface area is 264 Å². The van der Waals surface area contributed by atoms with E-state index in [1.807, 2.05) is 43.3 Å². The van der Waals surface area contributed by atoms with E-state index in [-0.39, 0.29) is 11.5 Å². The number of piperidine rings is 1. The summed E-state index contributed by atoms with van der Waals surface area (Å²) in [5.41, 5.74) is 5.15. The van der Waals surface area contributed by atoms with Crippen LogP contribution in [0.25, 0.3) is 33.2 Å². The number of halogens is 1. The molecule has 0 spiro atoms. The number of ether oxygens (including phenoxy) is 1. The number of anilines is 2. The number of hydrogen-bond acceptors (Lipinski definition) is 9. The van der Waals surface area contributed by atoms with Gasteiger partial charge in [-0.15, -0.1) is 0 Å². The Morgan fingerprint density at radius 3 is 2.56 bits per heavy atom. The smallest absolute Gasteiger partial charge is 0.306 e. The first-order valence-electron chi connectivity index (χ1n) is 14.6. The van der Waals surface area contributed by atoms with Crippen LogP contribution in [0.4, 0.5) is 11.5 Å². The Balaban J connectivity index is 1.29. The number of hydrogen-bond donors (Lipinski definition) is 2. The molecular formula is C33H32ClN7O4. The zero-order chi connectivity index (χ0) is 31.7. The Morgan fingerprint density at radius 2 is 1.80 bits per heavy atom. The molecule has 1 saturated heterocycles. The third-order valence-electron chi connectivity index (χ3n) is 8.33. The average molecular weight is 626 g/mol. The van der Waals surface area contributed by atoms with E-state index in [4.69, 9.17) is 21.3 Å². The topological polar surface area (TPSA) is 135 Å². The second kappa shape index (κ2) is 12.6. The highest BCUT2D eigenvalue weighted by Gasteiger charge is 2.26. The fourth-order valence-corrected chi connectivity index (χ4v) is 6.07. The van der Waals surface area contributed by atoms with E-state index < -0.39 is 5.97 Å². The first-order valence-corrected chi connectivity index (χ1v) is 14.9. The molecule has 0 radical (unpaired) electrons. The van der Waals surface area contributed by atoms with Gasteiger partial charge in [-0.2, -0.15) is 5.10 Å². The molecule has 2 N–H and O–H groups in total. The van der Waals surface area contributed by atoms with E-state index in [1.165, 1.54) is 4.68 Å². The minimum Gasteiger partial charge on any atom is -0.481 e. The van der Waals surface area contributed by atoms with Crippen molar-refractivity contribution in [3.63, 3.8) is 0 Å². The van der Waals surface area contributed by atoms with Gasteiger partial charge in [-0.1, -0.05) is 41.9 Å². The molecule has 45 heavy (non-hydrogen) atoms. The molecule has 5 aromatic rings. The summed E-state index contributed by atoms with van der Waals surface area (Å²) in [5.74, 6) is -0.182. The highest BCUT2D eigenvalue weighted by Crippen LogP contribution is 2.39.